The molecule has 1 saturated heterocycles. The highest BCUT2D eigenvalue weighted by Gasteiger charge is 2.21. The molecule has 1 aliphatic rings. The van der Waals surface area contributed by atoms with Gasteiger partial charge in [0.05, 0.1) is 5.56 Å². The molecule has 1 aliphatic heterocycles. The van der Waals surface area contributed by atoms with Crippen LogP contribution in [-0.2, 0) is 0 Å². The molecule has 0 saturated carbocycles. The third-order valence-electron chi connectivity index (χ3n) is 3.02. The van der Waals surface area contributed by atoms with Crippen LogP contribution in [0.5, 0.6) is 0 Å². The van der Waals surface area contributed by atoms with Crippen LogP contribution in [0.3, 0.4) is 0 Å². The fourth-order valence-corrected chi connectivity index (χ4v) is 2.21. The third kappa shape index (κ3) is 2.55. The smallest absolute Gasteiger partial charge is 0.250 e. The van der Waals surface area contributed by atoms with Crippen molar-refractivity contribution < 1.29 is 9.18 Å². The van der Waals surface area contributed by atoms with E-state index in [0.717, 1.165) is 19.4 Å². The van der Waals surface area contributed by atoms with Crippen LogP contribution in [0.2, 0.25) is 0 Å². The van der Waals surface area contributed by atoms with E-state index in [1.54, 1.807) is 6.07 Å². The van der Waals surface area contributed by atoms with Crippen molar-refractivity contribution in [2.75, 3.05) is 18.0 Å². The topological polar surface area (TPSA) is 72.4 Å². The number of nitrogens with two attached hydrogens (primary N) is 2. The first-order valence-electron chi connectivity index (χ1n) is 5.68. The van der Waals surface area contributed by atoms with Gasteiger partial charge in [0.1, 0.15) is 5.82 Å². The molecule has 4 N–H and O–H groups in total. The van der Waals surface area contributed by atoms with Crippen LogP contribution in [0.15, 0.2) is 18.2 Å². The lowest BCUT2D eigenvalue weighted by Crippen LogP contribution is -2.43. The predicted octanol–water partition coefficient (Wildman–Crippen LogP) is 0.852. The summed E-state index contributed by atoms with van der Waals surface area (Å²) in [6.07, 6.45) is 1.94. The van der Waals surface area contributed by atoms with Crippen LogP contribution in [0.25, 0.3) is 0 Å². The minimum atomic E-state index is -0.612. The molecule has 5 heteroatoms. The van der Waals surface area contributed by atoms with Crippen molar-refractivity contribution in [1.29, 1.82) is 0 Å². The second kappa shape index (κ2) is 4.71. The summed E-state index contributed by atoms with van der Waals surface area (Å²) in [5, 5.41) is 0. The first-order chi connectivity index (χ1) is 8.08. The summed E-state index contributed by atoms with van der Waals surface area (Å²) in [6.45, 7) is 1.49. The summed E-state index contributed by atoms with van der Waals surface area (Å²) in [5.41, 5.74) is 12.0. The summed E-state index contributed by atoms with van der Waals surface area (Å²) in [4.78, 5) is 13.3. The van der Waals surface area contributed by atoms with Gasteiger partial charge in [0.2, 0.25) is 0 Å². The lowest BCUT2D eigenvalue weighted by molar-refractivity contribution is 0.1000. The zero-order chi connectivity index (χ0) is 12.4. The molecule has 0 unspecified atom stereocenters. The highest BCUT2D eigenvalue weighted by Crippen LogP contribution is 2.24. The minimum Gasteiger partial charge on any atom is -0.369 e. The number of carbonyl (C=O) groups excluding carboxylic acids is 1. The number of primary amides is 1. The molecule has 1 fully saturated rings. The normalized spacial score (nSPS) is 20.4. The van der Waals surface area contributed by atoms with Gasteiger partial charge in [0, 0.05) is 24.8 Å². The van der Waals surface area contributed by atoms with E-state index >= 15 is 0 Å². The molecule has 4 nitrogen and oxygen atoms in total. The van der Waals surface area contributed by atoms with Gasteiger partial charge in [-0.3, -0.25) is 4.79 Å². The van der Waals surface area contributed by atoms with Gasteiger partial charge in [-0.15, -0.1) is 0 Å². The van der Waals surface area contributed by atoms with Crippen molar-refractivity contribution in [3.8, 4) is 0 Å². The largest absolute Gasteiger partial charge is 0.369 e. The van der Waals surface area contributed by atoms with Crippen molar-refractivity contribution in [3.05, 3.63) is 29.6 Å². The molecule has 0 aromatic heterocycles. The second-order valence-corrected chi connectivity index (χ2v) is 4.37. The van der Waals surface area contributed by atoms with E-state index in [-0.39, 0.29) is 11.6 Å². The summed E-state index contributed by atoms with van der Waals surface area (Å²) >= 11 is 0. The van der Waals surface area contributed by atoms with Crippen molar-refractivity contribution in [2.45, 2.75) is 18.9 Å². The van der Waals surface area contributed by atoms with Crippen molar-refractivity contribution in [2.24, 2.45) is 11.5 Å². The predicted molar refractivity (Wildman–Crippen MR) is 64.3 cm³/mol. The molecule has 0 radical (unpaired) electrons. The molecule has 92 valence electrons. The van der Waals surface area contributed by atoms with Gasteiger partial charge in [0.25, 0.3) is 5.91 Å². The Morgan fingerprint density at radius 1 is 1.47 bits per heavy atom. The number of benzene rings is 1. The summed E-state index contributed by atoms with van der Waals surface area (Å²) < 4.78 is 13.1. The molecule has 1 aromatic rings. The van der Waals surface area contributed by atoms with E-state index in [0.29, 0.717) is 12.2 Å². The van der Waals surface area contributed by atoms with Gasteiger partial charge in [-0.2, -0.15) is 0 Å². The number of hydrogen-bond donors (Lipinski definition) is 2. The van der Waals surface area contributed by atoms with Crippen LogP contribution < -0.4 is 16.4 Å². The van der Waals surface area contributed by atoms with Gasteiger partial charge in [-0.25, -0.2) is 4.39 Å². The third-order valence-corrected chi connectivity index (χ3v) is 3.02. The van der Waals surface area contributed by atoms with Crippen LogP contribution >= 0.6 is 0 Å². The number of carbonyl (C=O) groups is 1. The Bertz CT molecular complexity index is 436. The molecule has 0 bridgehead atoms. The van der Waals surface area contributed by atoms with Crippen LogP contribution in [0.1, 0.15) is 23.2 Å². The van der Waals surface area contributed by atoms with E-state index in [1.807, 2.05) is 4.90 Å². The average molecular weight is 237 g/mol. The molecule has 1 aromatic carbocycles. The van der Waals surface area contributed by atoms with E-state index in [9.17, 15) is 9.18 Å². The highest BCUT2D eigenvalue weighted by molar-refractivity contribution is 5.98. The van der Waals surface area contributed by atoms with Crippen molar-refractivity contribution >= 4 is 11.6 Å². The molecule has 0 aliphatic carbocycles. The number of hydrogen-bond acceptors (Lipinski definition) is 3. The SMILES string of the molecule is NC(=O)c1cc(F)ccc1N1CCC[C@@H](N)C1. The lowest BCUT2D eigenvalue weighted by Gasteiger charge is -2.33. The quantitative estimate of drug-likeness (QED) is 0.801. The summed E-state index contributed by atoms with van der Waals surface area (Å²) in [5.74, 6) is -1.07. The second-order valence-electron chi connectivity index (χ2n) is 4.37. The van der Waals surface area contributed by atoms with Gasteiger partial charge < -0.3 is 16.4 Å². The van der Waals surface area contributed by atoms with E-state index in [4.69, 9.17) is 11.5 Å². The van der Waals surface area contributed by atoms with Crippen LogP contribution in [0, 0.1) is 5.82 Å². The molecule has 1 heterocycles. The number of nitrogens with zero attached hydrogens (tertiary/aromatic N) is 1. The van der Waals surface area contributed by atoms with Crippen LogP contribution in [-0.4, -0.2) is 25.0 Å². The number of rotatable bonds is 2. The van der Waals surface area contributed by atoms with Crippen LogP contribution in [0.4, 0.5) is 10.1 Å². The van der Waals surface area contributed by atoms with E-state index < -0.39 is 11.7 Å². The standard InChI is InChI=1S/C12H16FN3O/c13-8-3-4-11(10(6-8)12(15)17)16-5-1-2-9(14)7-16/h3-4,6,9H,1-2,5,7,14H2,(H2,15,17)/t9-/m1/s1. The molecule has 1 atom stereocenters. The molecule has 17 heavy (non-hydrogen) atoms. The van der Waals surface area contributed by atoms with Gasteiger partial charge in [-0.05, 0) is 31.0 Å². The zero-order valence-electron chi connectivity index (χ0n) is 9.53. The summed E-state index contributed by atoms with van der Waals surface area (Å²) in [7, 11) is 0. The fraction of sp³-hybridized carbons (Fsp3) is 0.417. The van der Waals surface area contributed by atoms with E-state index in [2.05, 4.69) is 0 Å². The van der Waals surface area contributed by atoms with E-state index in [1.165, 1.54) is 12.1 Å². The zero-order valence-corrected chi connectivity index (χ0v) is 9.53. The maximum atomic E-state index is 13.1. The Morgan fingerprint density at radius 2 is 2.24 bits per heavy atom. The Balaban J connectivity index is 2.33. The molecular weight excluding hydrogens is 221 g/mol. The van der Waals surface area contributed by atoms with Gasteiger partial charge in [0.15, 0.2) is 0 Å². The minimum absolute atomic E-state index is 0.0922. The fourth-order valence-electron chi connectivity index (χ4n) is 2.21. The van der Waals surface area contributed by atoms with Crippen molar-refractivity contribution in [1.82, 2.24) is 0 Å². The summed E-state index contributed by atoms with van der Waals surface area (Å²) in [6, 6.07) is 4.20. The van der Waals surface area contributed by atoms with Crippen molar-refractivity contribution in [3.63, 3.8) is 0 Å². The van der Waals surface area contributed by atoms with Gasteiger partial charge >= 0.3 is 0 Å². The number of halogens is 1. The first kappa shape index (κ1) is 11.9. The average Bonchev–Trinajstić information content (AvgIpc) is 2.28. The maximum absolute atomic E-state index is 13.1. The molecule has 0 spiro atoms. The molecule has 1 amide bonds. The molecular formula is C12H16FN3O. The number of anilines is 1. The lowest BCUT2D eigenvalue weighted by atomic mass is 10.0. The number of piperidine rings is 1. The van der Waals surface area contributed by atoms with Gasteiger partial charge in [-0.1, -0.05) is 0 Å². The Kier molecular flexibility index (Phi) is 3.28. The highest BCUT2D eigenvalue weighted by atomic mass is 19.1. The first-order valence-corrected chi connectivity index (χ1v) is 5.68. The Hall–Kier alpha value is -1.62. The monoisotopic (exact) mass is 237 g/mol. The molecule has 2 rings (SSSR count). The Labute approximate surface area is 99.4 Å². The Morgan fingerprint density at radius 3 is 2.88 bits per heavy atom. The number of amides is 1. The maximum Gasteiger partial charge on any atom is 0.250 e.